The van der Waals surface area contributed by atoms with Crippen LogP contribution in [0.3, 0.4) is 0 Å². The predicted molar refractivity (Wildman–Crippen MR) is 159 cm³/mol. The van der Waals surface area contributed by atoms with Crippen LogP contribution in [-0.2, 0) is 22.4 Å². The van der Waals surface area contributed by atoms with Crippen molar-refractivity contribution in [1.29, 1.82) is 0 Å². The Hall–Kier alpha value is -5.17. The molecule has 0 saturated carbocycles. The highest BCUT2D eigenvalue weighted by atomic mass is 16.4. The Labute approximate surface area is 238 Å². The zero-order chi connectivity index (χ0) is 28.8. The molecule has 0 fully saturated rings. The number of aromatic nitrogens is 1. The van der Waals surface area contributed by atoms with Crippen LogP contribution in [0.15, 0.2) is 115 Å². The lowest BCUT2D eigenvalue weighted by atomic mass is 10.0. The highest BCUT2D eigenvalue weighted by Crippen LogP contribution is 2.22. The Kier molecular flexibility index (Phi) is 8.25. The Morgan fingerprint density at radius 3 is 2.07 bits per heavy atom. The number of amides is 2. The summed E-state index contributed by atoms with van der Waals surface area (Å²) >= 11 is 0. The van der Waals surface area contributed by atoms with Crippen LogP contribution < -0.4 is 5.32 Å². The van der Waals surface area contributed by atoms with E-state index in [2.05, 4.69) is 10.3 Å². The highest BCUT2D eigenvalue weighted by Gasteiger charge is 2.31. The van der Waals surface area contributed by atoms with Crippen LogP contribution in [0.5, 0.6) is 0 Å². The van der Waals surface area contributed by atoms with Gasteiger partial charge in [0, 0.05) is 42.6 Å². The van der Waals surface area contributed by atoms with Crippen molar-refractivity contribution in [3.63, 3.8) is 0 Å². The van der Waals surface area contributed by atoms with E-state index in [1.807, 2.05) is 97.1 Å². The molecule has 5 rings (SSSR count). The molecule has 0 unspecified atom stereocenters. The third-order valence-electron chi connectivity index (χ3n) is 7.31. The minimum absolute atomic E-state index is 0.0990. The van der Waals surface area contributed by atoms with Crippen molar-refractivity contribution in [3.8, 4) is 11.1 Å². The minimum Gasteiger partial charge on any atom is -0.480 e. The Balaban J connectivity index is 1.37. The number of hydrogen-bond donors (Lipinski definition) is 3. The summed E-state index contributed by atoms with van der Waals surface area (Å²) in [5.74, 6) is -2.00. The largest absolute Gasteiger partial charge is 0.480 e. The number of aliphatic carboxylic acids is 1. The fraction of sp³-hybridized carbons (Fsp3) is 0.147. The second kappa shape index (κ2) is 12.3. The number of para-hydroxylation sites is 1. The number of rotatable bonds is 10. The molecule has 206 valence electrons. The number of nitrogens with zero attached hydrogens (tertiary/aromatic N) is 1. The first kappa shape index (κ1) is 27.4. The predicted octanol–water partition coefficient (Wildman–Crippen LogP) is 5.33. The maximum absolute atomic E-state index is 13.7. The number of nitrogens with one attached hydrogen (secondary N) is 2. The molecule has 0 bridgehead atoms. The number of likely N-dealkylation sites (N-methyl/N-ethyl adjacent to an activating group) is 1. The van der Waals surface area contributed by atoms with Gasteiger partial charge >= 0.3 is 5.97 Å². The average molecular weight is 546 g/mol. The normalized spacial score (nSPS) is 12.4. The molecule has 0 spiro atoms. The summed E-state index contributed by atoms with van der Waals surface area (Å²) in [5.41, 5.74) is 4.99. The fourth-order valence-corrected chi connectivity index (χ4v) is 5.01. The molecule has 7 heteroatoms. The number of carboxylic acids is 1. The summed E-state index contributed by atoms with van der Waals surface area (Å²) < 4.78 is 0. The molecular weight excluding hydrogens is 514 g/mol. The van der Waals surface area contributed by atoms with Gasteiger partial charge < -0.3 is 20.3 Å². The van der Waals surface area contributed by atoms with Crippen LogP contribution in [0, 0.1) is 0 Å². The summed E-state index contributed by atoms with van der Waals surface area (Å²) in [6, 6.07) is 32.0. The molecule has 2 amide bonds. The Bertz CT molecular complexity index is 1650. The average Bonchev–Trinajstić information content (AvgIpc) is 3.42. The Morgan fingerprint density at radius 1 is 0.780 bits per heavy atom. The third kappa shape index (κ3) is 6.36. The molecule has 3 N–H and O–H groups in total. The number of benzene rings is 4. The molecule has 0 aliphatic heterocycles. The van der Waals surface area contributed by atoms with Gasteiger partial charge in [0.15, 0.2) is 0 Å². The van der Waals surface area contributed by atoms with E-state index in [0.29, 0.717) is 5.56 Å². The molecule has 0 aliphatic rings. The van der Waals surface area contributed by atoms with Gasteiger partial charge in [-0.3, -0.25) is 9.59 Å². The van der Waals surface area contributed by atoms with E-state index >= 15 is 0 Å². The van der Waals surface area contributed by atoms with Crippen LogP contribution in [0.1, 0.15) is 21.5 Å². The lowest BCUT2D eigenvalue weighted by molar-refractivity contribution is -0.142. The standard InChI is InChI=1S/C34H31N3O4/c1-37(33(39)26-18-16-25(17-19-26)24-12-6-3-7-13-24)31(20-23-10-4-2-5-11-23)32(38)36-30(34(40)41)21-27-22-35-29-15-9-8-14-28(27)29/h2-19,22,30-31,35H,20-21H2,1H3,(H,36,38)(H,40,41)/t30-,31+/m0/s1. The molecule has 1 heterocycles. The van der Waals surface area contributed by atoms with E-state index in [4.69, 9.17) is 0 Å². The van der Waals surface area contributed by atoms with Crippen molar-refractivity contribution in [2.24, 2.45) is 0 Å². The fourth-order valence-electron chi connectivity index (χ4n) is 5.01. The maximum atomic E-state index is 13.7. The van der Waals surface area contributed by atoms with E-state index in [1.54, 1.807) is 25.4 Å². The Morgan fingerprint density at radius 2 is 1.39 bits per heavy atom. The van der Waals surface area contributed by atoms with Crippen LogP contribution >= 0.6 is 0 Å². The molecule has 5 aromatic rings. The molecular formula is C34H31N3O4. The van der Waals surface area contributed by atoms with Crippen LogP contribution in [0.2, 0.25) is 0 Å². The van der Waals surface area contributed by atoms with Crippen molar-refractivity contribution in [2.45, 2.75) is 24.9 Å². The zero-order valence-corrected chi connectivity index (χ0v) is 22.7. The molecule has 0 saturated heterocycles. The topological polar surface area (TPSA) is 103 Å². The second-order valence-electron chi connectivity index (χ2n) is 10.0. The third-order valence-corrected chi connectivity index (χ3v) is 7.31. The van der Waals surface area contributed by atoms with E-state index in [9.17, 15) is 19.5 Å². The van der Waals surface area contributed by atoms with Gasteiger partial charge in [-0.05, 0) is 40.5 Å². The number of carbonyl (C=O) groups is 3. The molecule has 0 aliphatic carbocycles. The summed E-state index contributed by atoms with van der Waals surface area (Å²) in [7, 11) is 1.58. The van der Waals surface area contributed by atoms with Gasteiger partial charge in [-0.1, -0.05) is 91.0 Å². The number of H-pyrrole nitrogens is 1. The first-order valence-corrected chi connectivity index (χ1v) is 13.5. The van der Waals surface area contributed by atoms with E-state index in [1.165, 1.54) is 4.90 Å². The second-order valence-corrected chi connectivity index (χ2v) is 10.0. The summed E-state index contributed by atoms with van der Waals surface area (Å²) in [6.45, 7) is 0. The van der Waals surface area contributed by atoms with Crippen molar-refractivity contribution in [3.05, 3.63) is 132 Å². The van der Waals surface area contributed by atoms with E-state index in [0.717, 1.165) is 33.2 Å². The number of carbonyl (C=O) groups excluding carboxylic acids is 2. The lowest BCUT2D eigenvalue weighted by Gasteiger charge is -2.29. The monoisotopic (exact) mass is 545 g/mol. The molecule has 4 aromatic carbocycles. The van der Waals surface area contributed by atoms with Gasteiger partial charge in [0.25, 0.3) is 5.91 Å². The number of hydrogen-bond acceptors (Lipinski definition) is 3. The highest BCUT2D eigenvalue weighted by molar-refractivity contribution is 5.98. The van der Waals surface area contributed by atoms with Gasteiger partial charge in [-0.25, -0.2) is 4.79 Å². The van der Waals surface area contributed by atoms with Gasteiger partial charge in [0.2, 0.25) is 5.91 Å². The smallest absolute Gasteiger partial charge is 0.326 e. The maximum Gasteiger partial charge on any atom is 0.326 e. The zero-order valence-electron chi connectivity index (χ0n) is 22.7. The van der Waals surface area contributed by atoms with E-state index < -0.39 is 24.0 Å². The van der Waals surface area contributed by atoms with Crippen molar-refractivity contribution < 1.29 is 19.5 Å². The minimum atomic E-state index is -1.17. The number of aromatic amines is 1. The first-order chi connectivity index (χ1) is 19.9. The van der Waals surface area contributed by atoms with Crippen LogP contribution in [0.25, 0.3) is 22.0 Å². The SMILES string of the molecule is CN(C(=O)c1ccc(-c2ccccc2)cc1)[C@H](Cc1ccccc1)C(=O)N[C@@H](Cc1c[nH]c2ccccc12)C(=O)O. The van der Waals surface area contributed by atoms with Gasteiger partial charge in [-0.2, -0.15) is 0 Å². The number of fused-ring (bicyclic) bond motifs is 1. The van der Waals surface area contributed by atoms with Gasteiger partial charge in [-0.15, -0.1) is 0 Å². The van der Waals surface area contributed by atoms with Gasteiger partial charge in [0.05, 0.1) is 0 Å². The molecule has 0 radical (unpaired) electrons. The summed E-state index contributed by atoms with van der Waals surface area (Å²) in [5, 5.41) is 13.6. The van der Waals surface area contributed by atoms with Crippen molar-refractivity contribution >= 4 is 28.7 Å². The number of carboxylic acid groups (broad SMARTS) is 1. The molecule has 1 aromatic heterocycles. The van der Waals surface area contributed by atoms with Crippen molar-refractivity contribution in [2.75, 3.05) is 7.05 Å². The van der Waals surface area contributed by atoms with Crippen LogP contribution in [-0.4, -0.2) is 51.9 Å². The molecule has 2 atom stereocenters. The molecule has 41 heavy (non-hydrogen) atoms. The lowest BCUT2D eigenvalue weighted by Crippen LogP contribution is -2.53. The quantitative estimate of drug-likeness (QED) is 0.221. The summed E-state index contributed by atoms with van der Waals surface area (Å²) in [4.78, 5) is 44.1. The summed E-state index contributed by atoms with van der Waals surface area (Å²) in [6.07, 6.45) is 2.10. The molecule has 7 nitrogen and oxygen atoms in total. The van der Waals surface area contributed by atoms with Gasteiger partial charge in [0.1, 0.15) is 12.1 Å². The van der Waals surface area contributed by atoms with Crippen molar-refractivity contribution in [1.82, 2.24) is 15.2 Å². The van der Waals surface area contributed by atoms with E-state index in [-0.39, 0.29) is 18.7 Å². The first-order valence-electron chi connectivity index (χ1n) is 13.5. The van der Waals surface area contributed by atoms with Crippen LogP contribution in [0.4, 0.5) is 0 Å².